The van der Waals surface area contributed by atoms with Crippen LogP contribution in [0.3, 0.4) is 0 Å². The molecule has 1 heterocycles. The summed E-state index contributed by atoms with van der Waals surface area (Å²) in [5.41, 5.74) is 8.80. The first-order valence-corrected chi connectivity index (χ1v) is 9.35. The van der Waals surface area contributed by atoms with Crippen molar-refractivity contribution in [1.82, 2.24) is 4.98 Å². The van der Waals surface area contributed by atoms with Gasteiger partial charge in [0.1, 0.15) is 5.69 Å². The predicted molar refractivity (Wildman–Crippen MR) is 112 cm³/mol. The van der Waals surface area contributed by atoms with E-state index in [-0.39, 0.29) is 0 Å². The molecule has 0 unspecified atom stereocenters. The van der Waals surface area contributed by atoms with E-state index in [1.807, 2.05) is 18.2 Å². The molecule has 2 nitrogen and oxygen atoms in total. The van der Waals surface area contributed by atoms with Crippen molar-refractivity contribution in [3.8, 4) is 28.3 Å². The molecule has 0 saturated carbocycles. The SMILES string of the molecule is [2H]n1c(-c2ccccc2)c(C)[n+](-c2ccccc2C)c1-c1c(C)cccc1C. The van der Waals surface area contributed by atoms with E-state index >= 15 is 0 Å². The number of aromatic nitrogens is 2. The maximum Gasteiger partial charge on any atom is 0.312 e. The summed E-state index contributed by atoms with van der Waals surface area (Å²) in [6.45, 7) is 8.47. The molecule has 4 aromatic rings. The fourth-order valence-electron chi connectivity index (χ4n) is 3.81. The first kappa shape index (κ1) is 16.1. The van der Waals surface area contributed by atoms with Crippen molar-refractivity contribution < 1.29 is 5.98 Å². The van der Waals surface area contributed by atoms with Crippen molar-refractivity contribution in [3.05, 3.63) is 95.2 Å². The summed E-state index contributed by atoms with van der Waals surface area (Å²) in [6.07, 6.45) is 0. The van der Waals surface area contributed by atoms with Gasteiger partial charge in [0.25, 0.3) is 5.82 Å². The van der Waals surface area contributed by atoms with Crippen molar-refractivity contribution in [2.75, 3.05) is 0 Å². The van der Waals surface area contributed by atoms with Crippen LogP contribution < -0.4 is 4.57 Å². The Hall–Kier alpha value is -3.13. The number of benzene rings is 3. The van der Waals surface area contributed by atoms with Crippen LogP contribution in [0.2, 0.25) is 1.41 Å². The number of aryl methyl sites for hydroxylation is 3. The average molecular weight is 354 g/mol. The fraction of sp³-hybridized carbons (Fsp3) is 0.160. The topological polar surface area (TPSA) is 19.7 Å². The van der Waals surface area contributed by atoms with Gasteiger partial charge in [-0.2, -0.15) is 4.57 Å². The maximum absolute atomic E-state index is 9.09. The molecular weight excluding hydrogens is 328 g/mol. The predicted octanol–water partition coefficient (Wildman–Crippen LogP) is 5.86. The summed E-state index contributed by atoms with van der Waals surface area (Å²) in [5.74, 6) is 0.890. The number of hydrogen-bond donors (Lipinski definition) is 1. The van der Waals surface area contributed by atoms with Gasteiger partial charge in [-0.3, -0.25) is 0 Å². The molecule has 134 valence electrons. The van der Waals surface area contributed by atoms with Gasteiger partial charge >= 0.3 is 1.41 Å². The van der Waals surface area contributed by atoms with E-state index in [1.165, 1.54) is 16.7 Å². The van der Waals surface area contributed by atoms with Gasteiger partial charge < -0.3 is 0 Å². The minimum Gasteiger partial charge on any atom is -0.236 e. The maximum atomic E-state index is 9.09. The lowest BCUT2D eigenvalue weighted by molar-refractivity contribution is -0.589. The summed E-state index contributed by atoms with van der Waals surface area (Å²) in [5, 5.41) is 0. The van der Waals surface area contributed by atoms with Crippen LogP contribution in [0, 0.1) is 27.7 Å². The number of hydrogen-bond acceptors (Lipinski definition) is 0. The molecule has 0 saturated heterocycles. The molecule has 2 heteroatoms. The largest absolute Gasteiger partial charge is 0.312 e. The molecule has 0 spiro atoms. The van der Waals surface area contributed by atoms with Crippen LogP contribution in [0.15, 0.2) is 72.8 Å². The highest BCUT2D eigenvalue weighted by Gasteiger charge is 2.28. The van der Waals surface area contributed by atoms with Gasteiger partial charge in [0.15, 0.2) is 11.4 Å². The molecule has 0 amide bonds. The van der Waals surface area contributed by atoms with Crippen LogP contribution in [0.5, 0.6) is 0 Å². The van der Waals surface area contributed by atoms with E-state index in [0.717, 1.165) is 34.0 Å². The number of nitrogens with one attached hydrogen (secondary N) is 1. The molecule has 0 aliphatic carbocycles. The van der Waals surface area contributed by atoms with Crippen LogP contribution >= 0.6 is 0 Å². The lowest BCUT2D eigenvalue weighted by atomic mass is 10.0. The van der Waals surface area contributed by atoms with Gasteiger partial charge in [-0.25, -0.2) is 4.98 Å². The number of nitrogens with zero attached hydrogens (tertiary/aromatic N) is 1. The number of H-pyrrole nitrogens is 1. The Morgan fingerprint density at radius 1 is 0.704 bits per heavy atom. The zero-order chi connectivity index (χ0) is 19.8. The second-order valence-corrected chi connectivity index (χ2v) is 7.12. The van der Waals surface area contributed by atoms with Gasteiger partial charge in [0, 0.05) is 12.5 Å². The molecular formula is C25H25N2+. The Balaban J connectivity index is 2.15. The van der Waals surface area contributed by atoms with E-state index in [9.17, 15) is 0 Å². The number of aromatic amines is 1. The van der Waals surface area contributed by atoms with Crippen molar-refractivity contribution in [2.24, 2.45) is 0 Å². The zero-order valence-corrected chi connectivity index (χ0v) is 16.3. The van der Waals surface area contributed by atoms with E-state index in [4.69, 9.17) is 1.41 Å². The molecule has 0 fully saturated rings. The van der Waals surface area contributed by atoms with E-state index in [1.54, 1.807) is 4.98 Å². The Bertz CT molecular complexity index is 1140. The van der Waals surface area contributed by atoms with Crippen LogP contribution in [-0.4, -0.2) is 4.98 Å². The molecule has 3 aromatic carbocycles. The molecule has 0 atom stereocenters. The Kier molecular flexibility index (Phi) is 4.10. The summed E-state index contributed by atoms with van der Waals surface area (Å²) < 4.78 is 11.3. The molecule has 0 bridgehead atoms. The highest BCUT2D eigenvalue weighted by atomic mass is 15.1. The molecule has 0 aliphatic heterocycles. The lowest BCUT2D eigenvalue weighted by Gasteiger charge is -2.09. The van der Waals surface area contributed by atoms with Gasteiger partial charge in [0.2, 0.25) is 0 Å². The first-order chi connectivity index (χ1) is 13.5. The molecule has 0 aliphatic rings. The highest BCUT2D eigenvalue weighted by Crippen LogP contribution is 2.30. The molecule has 27 heavy (non-hydrogen) atoms. The third-order valence-corrected chi connectivity index (χ3v) is 5.22. The minimum atomic E-state index is 0.890. The quantitative estimate of drug-likeness (QED) is 0.445. The van der Waals surface area contributed by atoms with Gasteiger partial charge in [-0.15, -0.1) is 0 Å². The smallest absolute Gasteiger partial charge is 0.236 e. The second-order valence-electron chi connectivity index (χ2n) is 7.12. The van der Waals surface area contributed by atoms with Crippen LogP contribution in [-0.2, 0) is 0 Å². The van der Waals surface area contributed by atoms with Crippen molar-refractivity contribution in [2.45, 2.75) is 27.7 Å². The Morgan fingerprint density at radius 3 is 1.96 bits per heavy atom. The summed E-state index contributed by atoms with van der Waals surface area (Å²) in [4.78, 5) is 1.60. The Morgan fingerprint density at radius 2 is 1.30 bits per heavy atom. The molecule has 0 radical (unpaired) electrons. The summed E-state index contributed by atoms with van der Waals surface area (Å²) in [7, 11) is 0. The standard InChI is InChI=1S/C25H24N2/c1-17-11-8-9-16-22(17)27-20(4)24(21-14-6-5-7-15-21)26-25(27)23-18(2)12-10-13-19(23)3/h5-16H,1-4H3/p+1/i/hD. The average Bonchev–Trinajstić information content (AvgIpc) is 2.93. The van der Waals surface area contributed by atoms with Crippen molar-refractivity contribution in [1.29, 1.82) is 0 Å². The lowest BCUT2D eigenvalue weighted by Crippen LogP contribution is -2.35. The summed E-state index contributed by atoms with van der Waals surface area (Å²) in [6, 6.07) is 24.9. The summed E-state index contributed by atoms with van der Waals surface area (Å²) >= 11 is 0. The number of imidazole rings is 1. The van der Waals surface area contributed by atoms with Crippen molar-refractivity contribution in [3.63, 3.8) is 0 Å². The minimum absolute atomic E-state index is 0.890. The molecule has 4 rings (SSSR count). The van der Waals surface area contributed by atoms with Crippen LogP contribution in [0.1, 0.15) is 22.4 Å². The van der Waals surface area contributed by atoms with Crippen LogP contribution in [0.25, 0.3) is 28.3 Å². The van der Waals surface area contributed by atoms with E-state index in [2.05, 4.69) is 86.9 Å². The third-order valence-electron chi connectivity index (χ3n) is 5.22. The van der Waals surface area contributed by atoms with Crippen LogP contribution in [0.4, 0.5) is 0 Å². The number of rotatable bonds is 3. The first-order valence-electron chi connectivity index (χ1n) is 9.80. The van der Waals surface area contributed by atoms with E-state index in [0.29, 0.717) is 0 Å². The molecule has 1 N–H and O–H groups in total. The van der Waals surface area contributed by atoms with Crippen molar-refractivity contribution >= 4 is 0 Å². The van der Waals surface area contributed by atoms with E-state index < -0.39 is 0 Å². The third kappa shape index (κ3) is 2.97. The van der Waals surface area contributed by atoms with Gasteiger partial charge in [-0.1, -0.05) is 66.7 Å². The second kappa shape index (κ2) is 6.88. The fourth-order valence-corrected chi connectivity index (χ4v) is 3.81. The highest BCUT2D eigenvalue weighted by molar-refractivity contribution is 5.69. The van der Waals surface area contributed by atoms with Gasteiger partial charge in [0.05, 0.1) is 5.56 Å². The normalized spacial score (nSPS) is 11.5. The Labute approximate surface area is 162 Å². The zero-order valence-electron chi connectivity index (χ0n) is 17.3. The monoisotopic (exact) mass is 354 g/mol. The number of para-hydroxylation sites is 1. The molecule has 1 aromatic heterocycles. The van der Waals surface area contributed by atoms with Gasteiger partial charge in [-0.05, 0) is 43.5 Å².